The summed E-state index contributed by atoms with van der Waals surface area (Å²) in [7, 11) is 0. The van der Waals surface area contributed by atoms with Crippen LogP contribution in [0.3, 0.4) is 0 Å². The van der Waals surface area contributed by atoms with E-state index in [9.17, 15) is 0 Å². The number of nitrogens with zero attached hydrogens (tertiary/aromatic N) is 1. The molecule has 0 unspecified atom stereocenters. The summed E-state index contributed by atoms with van der Waals surface area (Å²) in [4.78, 5) is 0. The molecule has 3 heteroatoms. The van der Waals surface area contributed by atoms with Crippen LogP contribution in [0, 0.1) is 16.7 Å². The van der Waals surface area contributed by atoms with E-state index in [1.165, 1.54) is 25.7 Å². The van der Waals surface area contributed by atoms with Gasteiger partial charge in [0.1, 0.15) is 6.07 Å². The molecule has 1 aliphatic rings. The average Bonchev–Trinajstić information content (AvgIpc) is 2.74. The standard InChI is InChI=1S/C14H17ClN2/c1-14(6-2-3-7-14)10-17-12-5-4-11(9-16)13(15)8-12/h4-5,8,17H,2-3,6-7,10H2,1H3. The fraction of sp³-hybridized carbons (Fsp3) is 0.500. The first kappa shape index (κ1) is 12.3. The van der Waals surface area contributed by atoms with Crippen molar-refractivity contribution >= 4 is 17.3 Å². The van der Waals surface area contributed by atoms with Gasteiger partial charge in [0.25, 0.3) is 0 Å². The second kappa shape index (κ2) is 4.98. The lowest BCUT2D eigenvalue weighted by Crippen LogP contribution is -2.22. The lowest BCUT2D eigenvalue weighted by Gasteiger charge is -2.24. The highest BCUT2D eigenvalue weighted by Crippen LogP contribution is 2.37. The van der Waals surface area contributed by atoms with Gasteiger partial charge in [-0.15, -0.1) is 0 Å². The molecule has 1 saturated carbocycles. The van der Waals surface area contributed by atoms with Crippen LogP contribution >= 0.6 is 11.6 Å². The molecule has 2 nitrogen and oxygen atoms in total. The Morgan fingerprint density at radius 3 is 2.71 bits per heavy atom. The molecule has 1 aromatic carbocycles. The highest BCUT2D eigenvalue weighted by atomic mass is 35.5. The Morgan fingerprint density at radius 2 is 2.12 bits per heavy atom. The van der Waals surface area contributed by atoms with Gasteiger partial charge in [0.2, 0.25) is 0 Å². The quantitative estimate of drug-likeness (QED) is 0.870. The van der Waals surface area contributed by atoms with Gasteiger partial charge < -0.3 is 5.32 Å². The van der Waals surface area contributed by atoms with E-state index in [1.807, 2.05) is 12.1 Å². The van der Waals surface area contributed by atoms with Crippen molar-refractivity contribution < 1.29 is 0 Å². The molecule has 1 N–H and O–H groups in total. The molecule has 0 saturated heterocycles. The Balaban J connectivity index is 2.00. The van der Waals surface area contributed by atoms with Crippen LogP contribution in [0.1, 0.15) is 38.2 Å². The van der Waals surface area contributed by atoms with Crippen molar-refractivity contribution in [3.63, 3.8) is 0 Å². The summed E-state index contributed by atoms with van der Waals surface area (Å²) in [5.41, 5.74) is 1.95. The van der Waals surface area contributed by atoms with Crippen LogP contribution in [0.2, 0.25) is 5.02 Å². The molecule has 90 valence electrons. The molecule has 1 aliphatic carbocycles. The molecule has 17 heavy (non-hydrogen) atoms. The van der Waals surface area contributed by atoms with Gasteiger partial charge in [-0.25, -0.2) is 0 Å². The molecule has 0 atom stereocenters. The van der Waals surface area contributed by atoms with Gasteiger partial charge in [-0.2, -0.15) is 5.26 Å². The number of rotatable bonds is 3. The van der Waals surface area contributed by atoms with Gasteiger partial charge in [0, 0.05) is 12.2 Å². The van der Waals surface area contributed by atoms with Crippen LogP contribution in [-0.4, -0.2) is 6.54 Å². The molecule has 1 fully saturated rings. The highest BCUT2D eigenvalue weighted by Gasteiger charge is 2.28. The lowest BCUT2D eigenvalue weighted by atomic mass is 9.89. The van der Waals surface area contributed by atoms with Crippen LogP contribution < -0.4 is 5.32 Å². The summed E-state index contributed by atoms with van der Waals surface area (Å²) >= 11 is 6.00. The van der Waals surface area contributed by atoms with E-state index in [0.717, 1.165) is 12.2 Å². The summed E-state index contributed by atoms with van der Waals surface area (Å²) in [5.74, 6) is 0. The number of benzene rings is 1. The number of nitrogens with one attached hydrogen (secondary N) is 1. The third-order valence-corrected chi connectivity index (χ3v) is 3.93. The SMILES string of the molecule is CC1(CNc2ccc(C#N)c(Cl)c2)CCCC1. The van der Waals surface area contributed by atoms with E-state index in [2.05, 4.69) is 18.3 Å². The Kier molecular flexibility index (Phi) is 3.59. The zero-order chi connectivity index (χ0) is 12.3. The Bertz CT molecular complexity index is 442. The maximum atomic E-state index is 8.80. The Morgan fingerprint density at radius 1 is 1.41 bits per heavy atom. The predicted octanol–water partition coefficient (Wildman–Crippen LogP) is 4.20. The summed E-state index contributed by atoms with van der Waals surface area (Å²) in [6.45, 7) is 3.31. The van der Waals surface area contributed by atoms with Gasteiger partial charge in [0.05, 0.1) is 10.6 Å². The smallest absolute Gasteiger partial charge is 0.101 e. The maximum Gasteiger partial charge on any atom is 0.101 e. The molecule has 1 aromatic rings. The van der Waals surface area contributed by atoms with Gasteiger partial charge >= 0.3 is 0 Å². The van der Waals surface area contributed by atoms with Crippen LogP contribution in [0.4, 0.5) is 5.69 Å². The molecule has 0 aromatic heterocycles. The van der Waals surface area contributed by atoms with Crippen molar-refractivity contribution in [2.24, 2.45) is 5.41 Å². The van der Waals surface area contributed by atoms with E-state index in [0.29, 0.717) is 16.0 Å². The first-order valence-corrected chi connectivity index (χ1v) is 6.44. The van der Waals surface area contributed by atoms with E-state index >= 15 is 0 Å². The van der Waals surface area contributed by atoms with Crippen LogP contribution in [0.5, 0.6) is 0 Å². The number of halogens is 1. The third kappa shape index (κ3) is 2.92. The molecule has 0 aliphatic heterocycles. The zero-order valence-corrected chi connectivity index (χ0v) is 10.8. The zero-order valence-electron chi connectivity index (χ0n) is 10.1. The molecule has 0 bridgehead atoms. The predicted molar refractivity (Wildman–Crippen MR) is 71.2 cm³/mol. The van der Waals surface area contributed by atoms with Crippen molar-refractivity contribution in [3.8, 4) is 6.07 Å². The van der Waals surface area contributed by atoms with Crippen LogP contribution in [-0.2, 0) is 0 Å². The minimum atomic E-state index is 0.417. The maximum absolute atomic E-state index is 8.80. The van der Waals surface area contributed by atoms with Gasteiger partial charge in [-0.05, 0) is 36.5 Å². The Labute approximate surface area is 108 Å². The van der Waals surface area contributed by atoms with Gasteiger partial charge in [0.15, 0.2) is 0 Å². The number of anilines is 1. The van der Waals surface area contributed by atoms with Crippen molar-refractivity contribution in [3.05, 3.63) is 28.8 Å². The molecular weight excluding hydrogens is 232 g/mol. The molecule has 0 heterocycles. The van der Waals surface area contributed by atoms with E-state index in [4.69, 9.17) is 16.9 Å². The van der Waals surface area contributed by atoms with E-state index in [-0.39, 0.29) is 0 Å². The molecule has 0 spiro atoms. The van der Waals surface area contributed by atoms with Crippen molar-refractivity contribution in [1.82, 2.24) is 0 Å². The summed E-state index contributed by atoms with van der Waals surface area (Å²) in [5, 5.41) is 12.7. The first-order chi connectivity index (χ1) is 8.13. The monoisotopic (exact) mass is 248 g/mol. The molecule has 2 rings (SSSR count). The third-order valence-electron chi connectivity index (χ3n) is 3.62. The minimum Gasteiger partial charge on any atom is -0.384 e. The Hall–Kier alpha value is -1.20. The molecular formula is C14H17ClN2. The van der Waals surface area contributed by atoms with Gasteiger partial charge in [-0.3, -0.25) is 0 Å². The summed E-state index contributed by atoms with van der Waals surface area (Å²) < 4.78 is 0. The summed E-state index contributed by atoms with van der Waals surface area (Å²) in [6.07, 6.45) is 5.27. The van der Waals surface area contributed by atoms with E-state index in [1.54, 1.807) is 6.07 Å². The fourth-order valence-corrected chi connectivity index (χ4v) is 2.66. The molecule has 0 radical (unpaired) electrons. The number of hydrogen-bond donors (Lipinski definition) is 1. The topological polar surface area (TPSA) is 35.8 Å². The largest absolute Gasteiger partial charge is 0.384 e. The van der Waals surface area contributed by atoms with Crippen LogP contribution in [0.25, 0.3) is 0 Å². The normalized spacial score (nSPS) is 17.7. The number of nitriles is 1. The van der Waals surface area contributed by atoms with Crippen molar-refractivity contribution in [1.29, 1.82) is 5.26 Å². The second-order valence-corrected chi connectivity index (χ2v) is 5.58. The van der Waals surface area contributed by atoms with Crippen molar-refractivity contribution in [2.45, 2.75) is 32.6 Å². The number of hydrogen-bond acceptors (Lipinski definition) is 2. The first-order valence-electron chi connectivity index (χ1n) is 6.06. The minimum absolute atomic E-state index is 0.417. The van der Waals surface area contributed by atoms with E-state index < -0.39 is 0 Å². The van der Waals surface area contributed by atoms with Crippen molar-refractivity contribution in [2.75, 3.05) is 11.9 Å². The van der Waals surface area contributed by atoms with Gasteiger partial charge in [-0.1, -0.05) is 31.4 Å². The average molecular weight is 249 g/mol. The highest BCUT2D eigenvalue weighted by molar-refractivity contribution is 6.32. The second-order valence-electron chi connectivity index (χ2n) is 5.18. The lowest BCUT2D eigenvalue weighted by molar-refractivity contribution is 0.362. The van der Waals surface area contributed by atoms with Crippen LogP contribution in [0.15, 0.2) is 18.2 Å². The summed E-state index contributed by atoms with van der Waals surface area (Å²) in [6, 6.07) is 7.58. The molecule has 0 amide bonds. The fourth-order valence-electron chi connectivity index (χ4n) is 2.44.